The molecular weight excluding hydrogens is 226 g/mol. The van der Waals surface area contributed by atoms with Crippen LogP contribution in [0.5, 0.6) is 0 Å². The lowest BCUT2D eigenvalue weighted by Gasteiger charge is -2.08. The van der Waals surface area contributed by atoms with Gasteiger partial charge in [0.1, 0.15) is 0 Å². The van der Waals surface area contributed by atoms with Crippen molar-refractivity contribution in [2.45, 2.75) is 20.4 Å². The van der Waals surface area contributed by atoms with Crippen molar-refractivity contribution < 1.29 is 4.79 Å². The minimum Gasteiger partial charge on any atom is -0.352 e. The van der Waals surface area contributed by atoms with Gasteiger partial charge in [0.2, 0.25) is 5.91 Å². The summed E-state index contributed by atoms with van der Waals surface area (Å²) in [5.74, 6) is 0.0990. The number of H-pyrrole nitrogens is 1. The summed E-state index contributed by atoms with van der Waals surface area (Å²) in [6.45, 7) is 4.34. The molecule has 1 amide bonds. The fourth-order valence-corrected chi connectivity index (χ4v) is 1.61. The van der Waals surface area contributed by atoms with Crippen molar-refractivity contribution in [1.29, 1.82) is 0 Å². The molecule has 0 unspecified atom stereocenters. The first kappa shape index (κ1) is 12.4. The summed E-state index contributed by atoms with van der Waals surface area (Å²) < 4.78 is 0. The van der Waals surface area contributed by atoms with Crippen molar-refractivity contribution in [2.24, 2.45) is 5.92 Å². The Labute approximate surface area is 106 Å². The number of aromatic amines is 1. The Bertz CT molecular complexity index is 500. The van der Waals surface area contributed by atoms with Gasteiger partial charge in [-0.05, 0) is 17.2 Å². The number of rotatable bonds is 4. The van der Waals surface area contributed by atoms with Crippen LogP contribution in [0.2, 0.25) is 0 Å². The van der Waals surface area contributed by atoms with E-state index < -0.39 is 0 Å². The van der Waals surface area contributed by atoms with Crippen LogP contribution in [0.1, 0.15) is 19.4 Å². The highest BCUT2D eigenvalue weighted by Crippen LogP contribution is 2.16. The molecule has 18 heavy (non-hydrogen) atoms. The summed E-state index contributed by atoms with van der Waals surface area (Å²) in [6.07, 6.45) is 1.73. The second-order valence-electron chi connectivity index (χ2n) is 4.54. The zero-order valence-corrected chi connectivity index (χ0v) is 10.6. The van der Waals surface area contributed by atoms with Crippen molar-refractivity contribution in [3.05, 3.63) is 42.1 Å². The van der Waals surface area contributed by atoms with E-state index in [1.54, 1.807) is 6.20 Å². The van der Waals surface area contributed by atoms with Gasteiger partial charge in [0.15, 0.2) is 0 Å². The lowest BCUT2D eigenvalue weighted by Crippen LogP contribution is -2.27. The number of nitrogens with one attached hydrogen (secondary N) is 2. The lowest BCUT2D eigenvalue weighted by molar-refractivity contribution is -0.124. The standard InChI is InChI=1S/C14H17N3O/c1-10(2)14(18)15-9-11-3-5-12(6-4-11)13-7-8-16-17-13/h3-8,10H,9H2,1-2H3,(H,15,18)(H,16,17). The topological polar surface area (TPSA) is 57.8 Å². The van der Waals surface area contributed by atoms with Gasteiger partial charge in [-0.25, -0.2) is 0 Å². The zero-order valence-electron chi connectivity index (χ0n) is 10.6. The van der Waals surface area contributed by atoms with Gasteiger partial charge in [0, 0.05) is 18.7 Å². The summed E-state index contributed by atoms with van der Waals surface area (Å²) in [6, 6.07) is 9.98. The number of aromatic nitrogens is 2. The van der Waals surface area contributed by atoms with Gasteiger partial charge in [0.25, 0.3) is 0 Å². The molecule has 1 heterocycles. The summed E-state index contributed by atoms with van der Waals surface area (Å²) in [5, 5.41) is 9.73. The van der Waals surface area contributed by atoms with Crippen LogP contribution in [0.15, 0.2) is 36.5 Å². The first-order valence-corrected chi connectivity index (χ1v) is 6.03. The Morgan fingerprint density at radius 1 is 1.28 bits per heavy atom. The van der Waals surface area contributed by atoms with Crippen LogP contribution >= 0.6 is 0 Å². The van der Waals surface area contributed by atoms with E-state index in [1.165, 1.54) is 0 Å². The molecule has 4 nitrogen and oxygen atoms in total. The summed E-state index contributed by atoms with van der Waals surface area (Å²) in [7, 11) is 0. The molecule has 1 aromatic carbocycles. The molecule has 2 rings (SSSR count). The quantitative estimate of drug-likeness (QED) is 0.866. The molecule has 0 aliphatic heterocycles. The van der Waals surface area contributed by atoms with Crippen molar-refractivity contribution in [1.82, 2.24) is 15.5 Å². The molecule has 2 N–H and O–H groups in total. The van der Waals surface area contributed by atoms with E-state index in [0.717, 1.165) is 16.8 Å². The molecule has 4 heteroatoms. The SMILES string of the molecule is CC(C)C(=O)NCc1ccc(-c2ccn[nH]2)cc1. The normalized spacial score (nSPS) is 10.6. The molecule has 0 saturated carbocycles. The number of hydrogen-bond donors (Lipinski definition) is 2. The molecule has 1 aromatic heterocycles. The lowest BCUT2D eigenvalue weighted by atomic mass is 10.1. The highest BCUT2D eigenvalue weighted by Gasteiger charge is 2.05. The molecule has 0 spiro atoms. The molecule has 0 saturated heterocycles. The van der Waals surface area contributed by atoms with E-state index in [2.05, 4.69) is 15.5 Å². The number of carbonyl (C=O) groups is 1. The smallest absolute Gasteiger partial charge is 0.222 e. The zero-order chi connectivity index (χ0) is 13.0. The fraction of sp³-hybridized carbons (Fsp3) is 0.286. The third-order valence-electron chi connectivity index (χ3n) is 2.76. The van der Waals surface area contributed by atoms with Gasteiger partial charge < -0.3 is 5.32 Å². The van der Waals surface area contributed by atoms with Gasteiger partial charge >= 0.3 is 0 Å². The molecule has 94 valence electrons. The maximum Gasteiger partial charge on any atom is 0.222 e. The van der Waals surface area contributed by atoms with E-state index in [4.69, 9.17) is 0 Å². The van der Waals surface area contributed by atoms with Crippen LogP contribution < -0.4 is 5.32 Å². The average molecular weight is 243 g/mol. The van der Waals surface area contributed by atoms with Crippen molar-refractivity contribution in [2.75, 3.05) is 0 Å². The maximum absolute atomic E-state index is 11.4. The molecule has 0 radical (unpaired) electrons. The number of hydrogen-bond acceptors (Lipinski definition) is 2. The van der Waals surface area contributed by atoms with Gasteiger partial charge in [-0.3, -0.25) is 9.89 Å². The highest BCUT2D eigenvalue weighted by molar-refractivity contribution is 5.77. The van der Waals surface area contributed by atoms with E-state index >= 15 is 0 Å². The Morgan fingerprint density at radius 3 is 2.56 bits per heavy atom. The summed E-state index contributed by atoms with van der Waals surface area (Å²) in [4.78, 5) is 11.4. The first-order chi connectivity index (χ1) is 8.66. The second kappa shape index (κ2) is 5.49. The van der Waals surface area contributed by atoms with Gasteiger partial charge in [-0.2, -0.15) is 5.10 Å². The van der Waals surface area contributed by atoms with Crippen LogP contribution in [0, 0.1) is 5.92 Å². The number of carbonyl (C=O) groups excluding carboxylic acids is 1. The Balaban J connectivity index is 1.98. The second-order valence-corrected chi connectivity index (χ2v) is 4.54. The van der Waals surface area contributed by atoms with E-state index in [-0.39, 0.29) is 11.8 Å². The molecule has 0 atom stereocenters. The van der Waals surface area contributed by atoms with Crippen LogP contribution in [0.3, 0.4) is 0 Å². The minimum absolute atomic E-state index is 0.0225. The largest absolute Gasteiger partial charge is 0.352 e. The molecule has 0 fully saturated rings. The molecule has 0 bridgehead atoms. The highest BCUT2D eigenvalue weighted by atomic mass is 16.1. The predicted octanol–water partition coefficient (Wildman–Crippen LogP) is 2.35. The van der Waals surface area contributed by atoms with E-state index in [9.17, 15) is 4.79 Å². The first-order valence-electron chi connectivity index (χ1n) is 6.03. The van der Waals surface area contributed by atoms with Crippen LogP contribution in [0.25, 0.3) is 11.3 Å². The predicted molar refractivity (Wildman–Crippen MR) is 70.7 cm³/mol. The third-order valence-corrected chi connectivity index (χ3v) is 2.76. The number of amides is 1. The molecule has 0 aliphatic carbocycles. The van der Waals surface area contributed by atoms with E-state index in [0.29, 0.717) is 6.54 Å². The van der Waals surface area contributed by atoms with Crippen molar-refractivity contribution in [3.63, 3.8) is 0 Å². The number of benzene rings is 1. The van der Waals surface area contributed by atoms with Crippen molar-refractivity contribution >= 4 is 5.91 Å². The van der Waals surface area contributed by atoms with Crippen LogP contribution in [-0.2, 0) is 11.3 Å². The van der Waals surface area contributed by atoms with E-state index in [1.807, 2.05) is 44.2 Å². The van der Waals surface area contributed by atoms with Gasteiger partial charge in [0.05, 0.1) is 5.69 Å². The Kier molecular flexibility index (Phi) is 3.77. The average Bonchev–Trinajstić information content (AvgIpc) is 2.90. The maximum atomic E-state index is 11.4. The molecule has 0 aliphatic rings. The Hall–Kier alpha value is -2.10. The van der Waals surface area contributed by atoms with Crippen LogP contribution in [0.4, 0.5) is 0 Å². The van der Waals surface area contributed by atoms with Gasteiger partial charge in [-0.15, -0.1) is 0 Å². The molecular formula is C14H17N3O. The molecule has 2 aromatic rings. The van der Waals surface area contributed by atoms with Gasteiger partial charge in [-0.1, -0.05) is 38.1 Å². The summed E-state index contributed by atoms with van der Waals surface area (Å²) in [5.41, 5.74) is 3.17. The third kappa shape index (κ3) is 2.97. The minimum atomic E-state index is 0.0225. The fourth-order valence-electron chi connectivity index (χ4n) is 1.61. The monoisotopic (exact) mass is 243 g/mol. The van der Waals surface area contributed by atoms with Crippen molar-refractivity contribution in [3.8, 4) is 11.3 Å². The summed E-state index contributed by atoms with van der Waals surface area (Å²) >= 11 is 0. The number of nitrogens with zero attached hydrogens (tertiary/aromatic N) is 1. The van der Waals surface area contributed by atoms with Crippen LogP contribution in [-0.4, -0.2) is 16.1 Å². The Morgan fingerprint density at radius 2 is 2.00 bits per heavy atom.